The maximum atomic E-state index is 12.1. The van der Waals surface area contributed by atoms with E-state index in [9.17, 15) is 13.2 Å². The average molecular weight is 343 g/mol. The van der Waals surface area contributed by atoms with E-state index in [-0.39, 0.29) is 11.5 Å². The van der Waals surface area contributed by atoms with Crippen LogP contribution in [0.5, 0.6) is 0 Å². The number of hydrogen-bond acceptors (Lipinski definition) is 7. The molecule has 0 bridgehead atoms. The fraction of sp³-hybridized carbons (Fsp3) is 0.462. The summed E-state index contributed by atoms with van der Waals surface area (Å²) in [5.41, 5.74) is 1.32. The van der Waals surface area contributed by atoms with Gasteiger partial charge in [0.15, 0.2) is 9.84 Å². The molecule has 1 unspecified atom stereocenters. The lowest BCUT2D eigenvalue weighted by Gasteiger charge is -2.08. The smallest absolute Gasteiger partial charge is 0.309 e. The molecule has 2 heterocycles. The molecule has 9 heteroatoms. The van der Waals surface area contributed by atoms with Gasteiger partial charge in [-0.2, -0.15) is 5.10 Å². The van der Waals surface area contributed by atoms with Gasteiger partial charge in [0.25, 0.3) is 0 Å². The summed E-state index contributed by atoms with van der Waals surface area (Å²) in [6, 6.07) is 0. The summed E-state index contributed by atoms with van der Waals surface area (Å²) in [7, 11) is -0.386. The Labute approximate surface area is 132 Å². The number of aromatic nitrogens is 3. The van der Waals surface area contributed by atoms with Crippen LogP contribution >= 0.6 is 11.3 Å². The van der Waals surface area contributed by atoms with Crippen LogP contribution < -0.4 is 0 Å². The number of methoxy groups -OCH3 is 1. The predicted octanol–water partition coefficient (Wildman–Crippen LogP) is 1.27. The van der Waals surface area contributed by atoms with Crippen molar-refractivity contribution in [2.24, 2.45) is 13.0 Å². The number of nitrogens with zero attached hydrogens (tertiary/aromatic N) is 3. The SMILES string of the molecule is COC(=O)C(C)CS(=O)(=O)Cc1csc(-c2cnn(C)c2)n1. The molecule has 0 spiro atoms. The van der Waals surface area contributed by atoms with Crippen LogP contribution in [0.4, 0.5) is 0 Å². The van der Waals surface area contributed by atoms with Gasteiger partial charge in [0.2, 0.25) is 0 Å². The summed E-state index contributed by atoms with van der Waals surface area (Å²) < 4.78 is 30.4. The van der Waals surface area contributed by atoms with Crippen molar-refractivity contribution in [1.82, 2.24) is 14.8 Å². The Morgan fingerprint density at radius 3 is 2.82 bits per heavy atom. The molecule has 0 saturated carbocycles. The monoisotopic (exact) mass is 343 g/mol. The highest BCUT2D eigenvalue weighted by Gasteiger charge is 2.23. The first-order valence-electron chi connectivity index (χ1n) is 6.52. The van der Waals surface area contributed by atoms with Crippen molar-refractivity contribution in [3.63, 3.8) is 0 Å². The number of hydrogen-bond donors (Lipinski definition) is 0. The maximum absolute atomic E-state index is 12.1. The van der Waals surface area contributed by atoms with Crippen molar-refractivity contribution in [2.45, 2.75) is 12.7 Å². The van der Waals surface area contributed by atoms with Crippen molar-refractivity contribution >= 4 is 27.1 Å². The average Bonchev–Trinajstić information content (AvgIpc) is 3.05. The van der Waals surface area contributed by atoms with Gasteiger partial charge in [-0.05, 0) is 0 Å². The Bertz CT molecular complexity index is 764. The number of aryl methyl sites for hydroxylation is 1. The number of carbonyl (C=O) groups excluding carboxylic acids is 1. The maximum Gasteiger partial charge on any atom is 0.309 e. The number of thiazole rings is 1. The van der Waals surface area contributed by atoms with Crippen molar-refractivity contribution in [3.8, 4) is 10.6 Å². The molecule has 0 fully saturated rings. The minimum Gasteiger partial charge on any atom is -0.469 e. The van der Waals surface area contributed by atoms with Gasteiger partial charge >= 0.3 is 5.97 Å². The van der Waals surface area contributed by atoms with Crippen LogP contribution in [0.2, 0.25) is 0 Å². The largest absolute Gasteiger partial charge is 0.469 e. The Kier molecular flexibility index (Phi) is 4.97. The minimum atomic E-state index is -3.43. The summed E-state index contributed by atoms with van der Waals surface area (Å²) in [6.07, 6.45) is 3.49. The Hall–Kier alpha value is -1.74. The quantitative estimate of drug-likeness (QED) is 0.734. The van der Waals surface area contributed by atoms with Gasteiger partial charge in [-0.3, -0.25) is 9.48 Å². The predicted molar refractivity (Wildman–Crippen MR) is 83.0 cm³/mol. The van der Waals surface area contributed by atoms with E-state index >= 15 is 0 Å². The summed E-state index contributed by atoms with van der Waals surface area (Å²) in [4.78, 5) is 15.6. The van der Waals surface area contributed by atoms with Gasteiger partial charge in [0.05, 0.1) is 36.4 Å². The van der Waals surface area contributed by atoms with E-state index in [1.807, 2.05) is 6.20 Å². The number of carbonyl (C=O) groups is 1. The number of sulfone groups is 1. The molecule has 2 rings (SSSR count). The van der Waals surface area contributed by atoms with Crippen molar-refractivity contribution < 1.29 is 17.9 Å². The van der Waals surface area contributed by atoms with Crippen molar-refractivity contribution in [1.29, 1.82) is 0 Å². The minimum absolute atomic E-state index is 0.189. The molecule has 0 radical (unpaired) electrons. The zero-order valence-corrected chi connectivity index (χ0v) is 14.1. The molecule has 2 aromatic rings. The van der Waals surface area contributed by atoms with Gasteiger partial charge in [0, 0.05) is 24.2 Å². The molecule has 7 nitrogen and oxygen atoms in total. The molecule has 0 aliphatic carbocycles. The second-order valence-electron chi connectivity index (χ2n) is 5.03. The van der Waals surface area contributed by atoms with E-state index in [1.54, 1.807) is 23.3 Å². The first kappa shape index (κ1) is 16.6. The van der Waals surface area contributed by atoms with Crippen LogP contribution in [0.3, 0.4) is 0 Å². The van der Waals surface area contributed by atoms with E-state index in [0.717, 1.165) is 10.6 Å². The van der Waals surface area contributed by atoms with Crippen LogP contribution in [0, 0.1) is 5.92 Å². The molecule has 0 aliphatic rings. The van der Waals surface area contributed by atoms with Crippen LogP contribution in [-0.4, -0.2) is 42.0 Å². The zero-order valence-electron chi connectivity index (χ0n) is 12.5. The highest BCUT2D eigenvalue weighted by atomic mass is 32.2. The number of ether oxygens (including phenoxy) is 1. The summed E-state index contributed by atoms with van der Waals surface area (Å²) in [5, 5.41) is 6.49. The lowest BCUT2D eigenvalue weighted by molar-refractivity contribution is -0.144. The van der Waals surface area contributed by atoms with E-state index in [2.05, 4.69) is 14.8 Å². The van der Waals surface area contributed by atoms with Crippen molar-refractivity contribution in [2.75, 3.05) is 12.9 Å². The van der Waals surface area contributed by atoms with Gasteiger partial charge < -0.3 is 4.74 Å². The topological polar surface area (TPSA) is 91.2 Å². The second kappa shape index (κ2) is 6.57. The third kappa shape index (κ3) is 4.14. The third-order valence-corrected chi connectivity index (χ3v) is 5.66. The van der Waals surface area contributed by atoms with Gasteiger partial charge in [-0.25, -0.2) is 13.4 Å². The van der Waals surface area contributed by atoms with E-state index < -0.39 is 21.7 Å². The molecule has 0 aromatic carbocycles. The Morgan fingerprint density at radius 1 is 1.50 bits per heavy atom. The molecule has 0 saturated heterocycles. The molecule has 2 aromatic heterocycles. The van der Waals surface area contributed by atoms with E-state index in [0.29, 0.717) is 5.69 Å². The van der Waals surface area contributed by atoms with Crippen LogP contribution in [0.25, 0.3) is 10.6 Å². The van der Waals surface area contributed by atoms with Gasteiger partial charge in [0.1, 0.15) is 5.01 Å². The van der Waals surface area contributed by atoms with Crippen LogP contribution in [0.15, 0.2) is 17.8 Å². The molecule has 120 valence electrons. The van der Waals surface area contributed by atoms with Crippen molar-refractivity contribution in [3.05, 3.63) is 23.5 Å². The van der Waals surface area contributed by atoms with Crippen LogP contribution in [0.1, 0.15) is 12.6 Å². The lowest BCUT2D eigenvalue weighted by atomic mass is 10.2. The molecule has 0 amide bonds. The molecule has 22 heavy (non-hydrogen) atoms. The van der Waals surface area contributed by atoms with E-state index in [1.165, 1.54) is 25.4 Å². The van der Waals surface area contributed by atoms with Gasteiger partial charge in [-0.15, -0.1) is 11.3 Å². The third-order valence-electron chi connectivity index (χ3n) is 2.98. The summed E-state index contributed by atoms with van der Waals surface area (Å²) >= 11 is 1.37. The Morgan fingerprint density at radius 2 is 2.23 bits per heavy atom. The highest BCUT2D eigenvalue weighted by Crippen LogP contribution is 2.24. The summed E-state index contributed by atoms with van der Waals surface area (Å²) in [5.74, 6) is -1.66. The molecular weight excluding hydrogens is 326 g/mol. The first-order valence-corrected chi connectivity index (χ1v) is 9.22. The standard InChI is InChI=1S/C13H17N3O4S2/c1-9(13(17)20-3)7-22(18,19)8-11-6-21-12(15-11)10-4-14-16(2)5-10/h4-6,9H,7-8H2,1-3H3. The Balaban J connectivity index is 2.07. The molecule has 0 aliphatic heterocycles. The van der Waals surface area contributed by atoms with E-state index in [4.69, 9.17) is 0 Å². The molecular formula is C13H17N3O4S2. The number of rotatable bonds is 6. The molecule has 0 N–H and O–H groups in total. The normalized spacial score (nSPS) is 13.0. The fourth-order valence-corrected chi connectivity index (χ4v) is 4.49. The van der Waals surface area contributed by atoms with Crippen LogP contribution in [-0.2, 0) is 32.2 Å². The molecule has 1 atom stereocenters. The lowest BCUT2D eigenvalue weighted by Crippen LogP contribution is -2.23. The second-order valence-corrected chi connectivity index (χ2v) is 7.99. The zero-order chi connectivity index (χ0) is 16.3. The van der Waals surface area contributed by atoms with Gasteiger partial charge in [-0.1, -0.05) is 6.92 Å². The fourth-order valence-electron chi connectivity index (χ4n) is 1.97. The first-order chi connectivity index (χ1) is 10.3. The summed E-state index contributed by atoms with van der Waals surface area (Å²) in [6.45, 7) is 1.53. The number of esters is 1. The highest BCUT2D eigenvalue weighted by molar-refractivity contribution is 7.90.